The monoisotopic (exact) mass is 257 g/mol. The van der Waals surface area contributed by atoms with Crippen molar-refractivity contribution in [3.05, 3.63) is 35.9 Å². The van der Waals surface area contributed by atoms with E-state index in [1.165, 1.54) is 18.4 Å². The summed E-state index contributed by atoms with van der Waals surface area (Å²) in [4.78, 5) is 2.45. The standard InChI is InChI=1S/C16H23N3/c1-13(18)15-9-5-6-12-19(15)16(10-11-17)14-7-3-2-4-8-14/h2-4,7-8,13,15-16H,5-6,9-10,12,18H2,1H3. The maximum Gasteiger partial charge on any atom is 0.0641 e. The van der Waals surface area contributed by atoms with E-state index in [1.807, 2.05) is 18.2 Å². The number of hydrogen-bond acceptors (Lipinski definition) is 3. The lowest BCUT2D eigenvalue weighted by Gasteiger charge is -2.42. The van der Waals surface area contributed by atoms with Crippen molar-refractivity contribution in [2.45, 2.75) is 50.7 Å². The summed E-state index contributed by atoms with van der Waals surface area (Å²) in [6, 6.07) is 13.4. The number of hydrogen-bond donors (Lipinski definition) is 1. The van der Waals surface area contributed by atoms with Crippen molar-refractivity contribution in [1.29, 1.82) is 5.26 Å². The molecule has 0 aliphatic carbocycles. The van der Waals surface area contributed by atoms with Gasteiger partial charge in [-0.15, -0.1) is 0 Å². The van der Waals surface area contributed by atoms with Crippen LogP contribution < -0.4 is 5.73 Å². The third kappa shape index (κ3) is 3.34. The summed E-state index contributed by atoms with van der Waals surface area (Å²) in [6.07, 6.45) is 4.13. The molecular weight excluding hydrogens is 234 g/mol. The van der Waals surface area contributed by atoms with Crippen molar-refractivity contribution in [1.82, 2.24) is 4.90 Å². The van der Waals surface area contributed by atoms with Gasteiger partial charge in [0.05, 0.1) is 12.5 Å². The minimum Gasteiger partial charge on any atom is -0.327 e. The zero-order valence-corrected chi connectivity index (χ0v) is 11.6. The van der Waals surface area contributed by atoms with Crippen LogP contribution in [0.25, 0.3) is 0 Å². The molecule has 0 radical (unpaired) electrons. The van der Waals surface area contributed by atoms with Gasteiger partial charge in [0, 0.05) is 18.1 Å². The van der Waals surface area contributed by atoms with Gasteiger partial charge in [-0.3, -0.25) is 4.90 Å². The van der Waals surface area contributed by atoms with Crippen LogP contribution in [0, 0.1) is 11.3 Å². The average molecular weight is 257 g/mol. The van der Waals surface area contributed by atoms with Crippen molar-refractivity contribution in [3.63, 3.8) is 0 Å². The highest BCUT2D eigenvalue weighted by molar-refractivity contribution is 5.20. The number of nitrogens with two attached hydrogens (primary N) is 1. The number of rotatable bonds is 4. The SMILES string of the molecule is CC(N)C1CCCCN1C(CC#N)c1ccccc1. The number of nitrogens with zero attached hydrogens (tertiary/aromatic N) is 2. The summed E-state index contributed by atoms with van der Waals surface area (Å²) in [6.45, 7) is 3.13. The molecule has 102 valence electrons. The summed E-state index contributed by atoms with van der Waals surface area (Å²) in [7, 11) is 0. The maximum absolute atomic E-state index is 9.15. The smallest absolute Gasteiger partial charge is 0.0641 e. The van der Waals surface area contributed by atoms with E-state index in [0.29, 0.717) is 12.5 Å². The molecule has 0 amide bonds. The summed E-state index contributed by atoms with van der Waals surface area (Å²) >= 11 is 0. The Hall–Kier alpha value is -1.37. The van der Waals surface area contributed by atoms with Gasteiger partial charge in [0.2, 0.25) is 0 Å². The third-order valence-electron chi connectivity index (χ3n) is 4.07. The molecule has 1 aromatic rings. The van der Waals surface area contributed by atoms with E-state index in [0.717, 1.165) is 13.0 Å². The van der Waals surface area contributed by atoms with Gasteiger partial charge in [0.15, 0.2) is 0 Å². The molecule has 19 heavy (non-hydrogen) atoms. The van der Waals surface area contributed by atoms with Crippen LogP contribution in [0.15, 0.2) is 30.3 Å². The predicted octanol–water partition coefficient (Wildman–Crippen LogP) is 2.84. The molecule has 2 N–H and O–H groups in total. The highest BCUT2D eigenvalue weighted by Gasteiger charge is 2.31. The van der Waals surface area contributed by atoms with Crippen molar-refractivity contribution in [2.24, 2.45) is 5.73 Å². The Labute approximate surface area is 116 Å². The Morgan fingerprint density at radius 3 is 2.74 bits per heavy atom. The zero-order valence-electron chi connectivity index (χ0n) is 11.6. The number of piperidine rings is 1. The fourth-order valence-corrected chi connectivity index (χ4v) is 3.12. The number of benzene rings is 1. The maximum atomic E-state index is 9.15. The molecule has 0 aromatic heterocycles. The van der Waals surface area contributed by atoms with E-state index in [4.69, 9.17) is 11.0 Å². The first-order chi connectivity index (χ1) is 9.24. The second-order valence-electron chi connectivity index (χ2n) is 5.45. The van der Waals surface area contributed by atoms with Crippen LogP contribution in [0.1, 0.15) is 44.2 Å². The largest absolute Gasteiger partial charge is 0.327 e. The summed E-state index contributed by atoms with van der Waals surface area (Å²) in [5.41, 5.74) is 7.38. The minimum absolute atomic E-state index is 0.158. The summed E-state index contributed by atoms with van der Waals surface area (Å²) < 4.78 is 0. The van der Waals surface area contributed by atoms with E-state index in [1.54, 1.807) is 0 Å². The Kier molecular flexibility index (Phi) is 4.95. The van der Waals surface area contributed by atoms with Crippen molar-refractivity contribution >= 4 is 0 Å². The number of likely N-dealkylation sites (tertiary alicyclic amines) is 1. The van der Waals surface area contributed by atoms with Crippen LogP contribution in [0.5, 0.6) is 0 Å². The average Bonchev–Trinajstić information content (AvgIpc) is 2.45. The molecule has 3 heteroatoms. The van der Waals surface area contributed by atoms with Gasteiger partial charge in [-0.25, -0.2) is 0 Å². The minimum atomic E-state index is 0.158. The van der Waals surface area contributed by atoms with Crippen LogP contribution in [0.3, 0.4) is 0 Å². The Balaban J connectivity index is 2.24. The Bertz CT molecular complexity index is 421. The first kappa shape index (κ1) is 14.0. The Morgan fingerprint density at radius 2 is 2.11 bits per heavy atom. The molecule has 3 atom stereocenters. The molecule has 0 saturated carbocycles. The van der Waals surface area contributed by atoms with E-state index in [-0.39, 0.29) is 12.1 Å². The van der Waals surface area contributed by atoms with Gasteiger partial charge >= 0.3 is 0 Å². The molecule has 1 fully saturated rings. The molecule has 3 nitrogen and oxygen atoms in total. The number of nitriles is 1. The van der Waals surface area contributed by atoms with E-state index in [9.17, 15) is 0 Å². The second-order valence-corrected chi connectivity index (χ2v) is 5.45. The van der Waals surface area contributed by atoms with Crippen molar-refractivity contribution < 1.29 is 0 Å². The highest BCUT2D eigenvalue weighted by Crippen LogP contribution is 2.31. The van der Waals surface area contributed by atoms with Crippen LogP contribution >= 0.6 is 0 Å². The van der Waals surface area contributed by atoms with E-state index in [2.05, 4.69) is 30.0 Å². The van der Waals surface area contributed by atoms with Crippen LogP contribution in [-0.4, -0.2) is 23.5 Å². The molecule has 1 aromatic carbocycles. The van der Waals surface area contributed by atoms with Crippen LogP contribution in [0.4, 0.5) is 0 Å². The molecule has 0 bridgehead atoms. The van der Waals surface area contributed by atoms with Gasteiger partial charge in [-0.2, -0.15) is 5.26 Å². The predicted molar refractivity (Wildman–Crippen MR) is 77.4 cm³/mol. The quantitative estimate of drug-likeness (QED) is 0.902. The summed E-state index contributed by atoms with van der Waals surface area (Å²) in [5.74, 6) is 0. The topological polar surface area (TPSA) is 53.0 Å². The first-order valence-corrected chi connectivity index (χ1v) is 7.17. The molecule has 0 spiro atoms. The molecule has 3 unspecified atom stereocenters. The summed E-state index contributed by atoms with van der Waals surface area (Å²) in [5, 5.41) is 9.15. The molecule has 1 aliphatic rings. The normalized spacial score (nSPS) is 23.5. The fraction of sp³-hybridized carbons (Fsp3) is 0.562. The Morgan fingerprint density at radius 1 is 1.37 bits per heavy atom. The fourth-order valence-electron chi connectivity index (χ4n) is 3.12. The molecule has 2 rings (SSSR count). The lowest BCUT2D eigenvalue weighted by Crippen LogP contribution is -2.50. The van der Waals surface area contributed by atoms with Gasteiger partial charge in [-0.05, 0) is 31.9 Å². The highest BCUT2D eigenvalue weighted by atomic mass is 15.2. The van der Waals surface area contributed by atoms with Crippen molar-refractivity contribution in [3.8, 4) is 6.07 Å². The molecule has 1 heterocycles. The zero-order chi connectivity index (χ0) is 13.7. The third-order valence-corrected chi connectivity index (χ3v) is 4.07. The van der Waals surface area contributed by atoms with Gasteiger partial charge in [0.25, 0.3) is 0 Å². The molecule has 1 aliphatic heterocycles. The second kappa shape index (κ2) is 6.70. The van der Waals surface area contributed by atoms with E-state index < -0.39 is 0 Å². The van der Waals surface area contributed by atoms with Crippen molar-refractivity contribution in [2.75, 3.05) is 6.54 Å². The van der Waals surface area contributed by atoms with Crippen LogP contribution in [0.2, 0.25) is 0 Å². The van der Waals surface area contributed by atoms with E-state index >= 15 is 0 Å². The lowest BCUT2D eigenvalue weighted by atomic mass is 9.92. The van der Waals surface area contributed by atoms with Gasteiger partial charge < -0.3 is 5.73 Å². The molecular formula is C16H23N3. The van der Waals surface area contributed by atoms with Gasteiger partial charge in [0.1, 0.15) is 0 Å². The van der Waals surface area contributed by atoms with Crippen LogP contribution in [-0.2, 0) is 0 Å². The lowest BCUT2D eigenvalue weighted by molar-refractivity contribution is 0.0824. The van der Waals surface area contributed by atoms with Gasteiger partial charge in [-0.1, -0.05) is 36.8 Å². The first-order valence-electron chi connectivity index (χ1n) is 7.17. The molecule has 1 saturated heterocycles.